The maximum atomic E-state index is 12.5. The molecule has 0 bridgehead atoms. The van der Waals surface area contributed by atoms with Gasteiger partial charge in [-0.3, -0.25) is 4.79 Å². The number of nitrogens with one attached hydrogen (secondary N) is 2. The lowest BCUT2D eigenvalue weighted by atomic mass is 10.1. The summed E-state index contributed by atoms with van der Waals surface area (Å²) < 4.78 is 6.89. The van der Waals surface area contributed by atoms with Gasteiger partial charge in [0, 0.05) is 23.5 Å². The summed E-state index contributed by atoms with van der Waals surface area (Å²) in [4.78, 5) is 33.3. The highest BCUT2D eigenvalue weighted by Gasteiger charge is 2.18. The minimum atomic E-state index is -0.578. The van der Waals surface area contributed by atoms with E-state index >= 15 is 0 Å². The first-order valence-electron chi connectivity index (χ1n) is 11.0. The van der Waals surface area contributed by atoms with Gasteiger partial charge in [-0.2, -0.15) is 4.98 Å². The van der Waals surface area contributed by atoms with Crippen LogP contribution in [0.25, 0.3) is 5.78 Å². The van der Waals surface area contributed by atoms with E-state index in [2.05, 4.69) is 25.7 Å². The van der Waals surface area contributed by atoms with Crippen molar-refractivity contribution >= 4 is 23.5 Å². The van der Waals surface area contributed by atoms with Gasteiger partial charge in [-0.15, -0.1) is 5.10 Å². The molecule has 0 aliphatic carbocycles. The normalized spacial score (nSPS) is 11.5. The van der Waals surface area contributed by atoms with Crippen molar-refractivity contribution in [2.75, 3.05) is 5.32 Å². The number of alkyl carbamates (subject to hydrolysis) is 1. The second-order valence-electron chi connectivity index (χ2n) is 9.20. The molecule has 0 atom stereocenters. The van der Waals surface area contributed by atoms with Gasteiger partial charge in [0.25, 0.3) is 5.78 Å². The van der Waals surface area contributed by atoms with E-state index < -0.39 is 11.7 Å². The van der Waals surface area contributed by atoms with Crippen LogP contribution in [0.3, 0.4) is 0 Å². The third-order valence-electron chi connectivity index (χ3n) is 5.28. The maximum absolute atomic E-state index is 12.5. The number of carbonyl (C=O) groups is 2. The molecule has 2 heterocycles. The maximum Gasteiger partial charge on any atom is 0.408 e. The molecule has 9 heteroatoms. The van der Waals surface area contributed by atoms with Crippen molar-refractivity contribution in [3.05, 3.63) is 52.1 Å². The number of hydrogen-bond acceptors (Lipinski definition) is 6. The number of carbonyl (C=O) groups excluding carboxylic acids is 2. The Kier molecular flexibility index (Phi) is 7.00. The number of nitrogens with zero attached hydrogens (tertiary/aromatic N) is 4. The summed E-state index contributed by atoms with van der Waals surface area (Å²) >= 11 is 0. The second-order valence-corrected chi connectivity index (χ2v) is 9.20. The number of fused-ring (bicyclic) bond motifs is 1. The van der Waals surface area contributed by atoms with E-state index in [1.807, 2.05) is 45.9 Å². The minimum absolute atomic E-state index is 0.0574. The molecule has 0 unspecified atom stereocenters. The molecule has 0 aliphatic heterocycles. The van der Waals surface area contributed by atoms with Crippen molar-refractivity contribution in [2.24, 2.45) is 0 Å². The fraction of sp³-hybridized carbons (Fsp3) is 0.458. The van der Waals surface area contributed by atoms with Crippen LogP contribution in [0.1, 0.15) is 61.1 Å². The molecule has 2 N–H and O–H groups in total. The van der Waals surface area contributed by atoms with E-state index in [-0.39, 0.29) is 12.5 Å². The predicted octanol–water partition coefficient (Wildman–Crippen LogP) is 3.95. The van der Waals surface area contributed by atoms with Crippen LogP contribution >= 0.6 is 0 Å². The third-order valence-corrected chi connectivity index (χ3v) is 5.28. The lowest BCUT2D eigenvalue weighted by molar-refractivity contribution is -0.116. The van der Waals surface area contributed by atoms with Crippen LogP contribution in [0.15, 0.2) is 18.2 Å². The lowest BCUT2D eigenvalue weighted by Crippen LogP contribution is -2.32. The summed E-state index contributed by atoms with van der Waals surface area (Å²) in [5, 5.41) is 10.1. The molecule has 0 aliphatic rings. The summed E-state index contributed by atoms with van der Waals surface area (Å²) in [5.74, 6) is 0.827. The van der Waals surface area contributed by atoms with Crippen LogP contribution in [0, 0.1) is 27.7 Å². The molecule has 0 radical (unpaired) electrons. The van der Waals surface area contributed by atoms with Gasteiger partial charge in [-0.1, -0.05) is 6.07 Å². The minimum Gasteiger partial charge on any atom is -0.444 e. The van der Waals surface area contributed by atoms with Crippen molar-refractivity contribution in [2.45, 2.75) is 73.5 Å². The Hall–Kier alpha value is -3.49. The molecule has 176 valence electrons. The van der Waals surface area contributed by atoms with Crippen LogP contribution in [-0.2, 0) is 22.5 Å². The summed E-state index contributed by atoms with van der Waals surface area (Å²) in [6.45, 7) is 13.4. The molecule has 33 heavy (non-hydrogen) atoms. The van der Waals surface area contributed by atoms with E-state index in [9.17, 15) is 9.59 Å². The van der Waals surface area contributed by atoms with Gasteiger partial charge in [-0.05, 0) is 83.7 Å². The summed E-state index contributed by atoms with van der Waals surface area (Å²) in [7, 11) is 0. The van der Waals surface area contributed by atoms with Gasteiger partial charge >= 0.3 is 6.09 Å². The number of hydrogen-bond donors (Lipinski definition) is 2. The van der Waals surface area contributed by atoms with Gasteiger partial charge in [0.1, 0.15) is 5.60 Å². The highest BCUT2D eigenvalue weighted by molar-refractivity contribution is 5.91. The van der Waals surface area contributed by atoms with Gasteiger partial charge in [0.2, 0.25) is 5.91 Å². The second kappa shape index (κ2) is 9.56. The van der Waals surface area contributed by atoms with Crippen molar-refractivity contribution in [3.63, 3.8) is 0 Å². The van der Waals surface area contributed by atoms with Crippen LogP contribution in [0.5, 0.6) is 0 Å². The van der Waals surface area contributed by atoms with Crippen LogP contribution in [-0.4, -0.2) is 37.2 Å². The number of rotatable bonds is 6. The molecule has 2 amide bonds. The molecule has 0 fully saturated rings. The highest BCUT2D eigenvalue weighted by Crippen LogP contribution is 2.18. The first-order valence-corrected chi connectivity index (χ1v) is 11.0. The molecular formula is C24H32N6O3. The Balaban J connectivity index is 1.67. The topological polar surface area (TPSA) is 111 Å². The van der Waals surface area contributed by atoms with Crippen LogP contribution in [0.2, 0.25) is 0 Å². The Morgan fingerprint density at radius 2 is 1.79 bits per heavy atom. The zero-order chi connectivity index (χ0) is 24.3. The molecule has 2 aromatic heterocycles. The molecule has 3 rings (SSSR count). The van der Waals surface area contributed by atoms with Gasteiger partial charge in [0.15, 0.2) is 5.82 Å². The number of amides is 2. The average Bonchev–Trinajstić information content (AvgIpc) is 3.11. The van der Waals surface area contributed by atoms with E-state index in [0.29, 0.717) is 24.4 Å². The molecule has 0 saturated heterocycles. The monoisotopic (exact) mass is 452 g/mol. The largest absolute Gasteiger partial charge is 0.444 e. The number of ether oxygens (including phenoxy) is 1. The predicted molar refractivity (Wildman–Crippen MR) is 126 cm³/mol. The molecule has 0 saturated carbocycles. The first-order chi connectivity index (χ1) is 15.4. The van der Waals surface area contributed by atoms with E-state index in [4.69, 9.17) is 4.74 Å². The van der Waals surface area contributed by atoms with Crippen molar-refractivity contribution in [1.82, 2.24) is 24.9 Å². The van der Waals surface area contributed by atoms with Gasteiger partial charge in [0.05, 0.1) is 6.54 Å². The third kappa shape index (κ3) is 6.27. The summed E-state index contributed by atoms with van der Waals surface area (Å²) in [5.41, 5.74) is 5.17. The number of anilines is 1. The molecular weight excluding hydrogens is 420 g/mol. The Morgan fingerprint density at radius 1 is 1.06 bits per heavy atom. The van der Waals surface area contributed by atoms with Gasteiger partial charge in [-0.25, -0.2) is 14.3 Å². The lowest BCUT2D eigenvalue weighted by Gasteiger charge is -2.19. The van der Waals surface area contributed by atoms with Crippen LogP contribution < -0.4 is 10.6 Å². The Morgan fingerprint density at radius 3 is 2.45 bits per heavy atom. The number of aryl methyl sites for hydroxylation is 4. The standard InChI is InChI=1S/C24H32N6O3/c1-14-8-9-18(12-15(14)2)27-21(31)11-10-19-16(3)26-22-28-20(29-30(22)17(19)4)13-25-23(32)33-24(5,6)7/h8-9,12H,10-11,13H2,1-7H3,(H,25,32)(H,27,31). The van der Waals surface area contributed by atoms with E-state index in [0.717, 1.165) is 28.2 Å². The average molecular weight is 453 g/mol. The van der Waals surface area contributed by atoms with Crippen molar-refractivity contribution in [3.8, 4) is 0 Å². The molecule has 3 aromatic rings. The Labute approximate surface area is 194 Å². The Bertz CT molecular complexity index is 1190. The molecule has 1 aromatic carbocycles. The number of aromatic nitrogens is 4. The van der Waals surface area contributed by atoms with E-state index in [1.54, 1.807) is 25.3 Å². The quantitative estimate of drug-likeness (QED) is 0.586. The molecule has 9 nitrogen and oxygen atoms in total. The highest BCUT2D eigenvalue weighted by atomic mass is 16.6. The fourth-order valence-corrected chi connectivity index (χ4v) is 3.43. The zero-order valence-corrected chi connectivity index (χ0v) is 20.4. The first kappa shape index (κ1) is 24.2. The van der Waals surface area contributed by atoms with Crippen molar-refractivity contribution < 1.29 is 14.3 Å². The summed E-state index contributed by atoms with van der Waals surface area (Å²) in [6, 6.07) is 5.88. The fourth-order valence-electron chi connectivity index (χ4n) is 3.43. The summed E-state index contributed by atoms with van der Waals surface area (Å²) in [6.07, 6.45) is 0.323. The van der Waals surface area contributed by atoms with Gasteiger partial charge < -0.3 is 15.4 Å². The molecule has 0 spiro atoms. The SMILES string of the molecule is Cc1ccc(NC(=O)CCc2c(C)nc3nc(CNC(=O)OC(C)(C)C)nn3c2C)cc1C. The zero-order valence-electron chi connectivity index (χ0n) is 20.4. The smallest absolute Gasteiger partial charge is 0.408 e. The van der Waals surface area contributed by atoms with E-state index in [1.165, 1.54) is 5.56 Å². The number of benzene rings is 1. The van der Waals surface area contributed by atoms with Crippen LogP contribution in [0.4, 0.5) is 10.5 Å². The van der Waals surface area contributed by atoms with Crippen molar-refractivity contribution in [1.29, 1.82) is 0 Å².